The quantitative estimate of drug-likeness (QED) is 0.683. The lowest BCUT2D eigenvalue weighted by Crippen LogP contribution is -2.32. The Balaban J connectivity index is 1.43. The van der Waals surface area contributed by atoms with E-state index in [9.17, 15) is 0 Å². The Labute approximate surface area is 120 Å². The molecular formula is C15H22BNO3. The molecule has 0 aromatic heterocycles. The van der Waals surface area contributed by atoms with E-state index in [-0.39, 0.29) is 0 Å². The monoisotopic (exact) mass is 275 g/mol. The van der Waals surface area contributed by atoms with E-state index in [0.29, 0.717) is 12.1 Å². The molecule has 2 aliphatic carbocycles. The van der Waals surface area contributed by atoms with Crippen LogP contribution in [0.2, 0.25) is 0 Å². The normalized spacial score (nSPS) is 18.4. The maximum absolute atomic E-state index is 9.03. The molecule has 0 unspecified atom stereocenters. The number of rotatable bonds is 8. The zero-order chi connectivity index (χ0) is 13.9. The number of ether oxygens (including phenoxy) is 1. The van der Waals surface area contributed by atoms with Gasteiger partial charge in [-0.1, -0.05) is 12.1 Å². The molecule has 0 saturated heterocycles. The van der Waals surface area contributed by atoms with Crippen molar-refractivity contribution in [3.8, 4) is 5.75 Å². The molecule has 0 heterocycles. The lowest BCUT2D eigenvalue weighted by atomic mass is 9.80. The zero-order valence-corrected chi connectivity index (χ0v) is 11.7. The number of nitrogens with zero attached hydrogens (tertiary/aromatic N) is 1. The molecule has 2 saturated carbocycles. The second-order valence-corrected chi connectivity index (χ2v) is 5.96. The molecule has 0 spiro atoms. The van der Waals surface area contributed by atoms with E-state index in [1.165, 1.54) is 32.2 Å². The van der Waals surface area contributed by atoms with Crippen molar-refractivity contribution in [1.82, 2.24) is 4.90 Å². The molecule has 0 amide bonds. The molecule has 3 rings (SSSR count). The van der Waals surface area contributed by atoms with Crippen LogP contribution in [0.4, 0.5) is 0 Å². The first-order valence-corrected chi connectivity index (χ1v) is 7.55. The van der Waals surface area contributed by atoms with Gasteiger partial charge in [0.05, 0.1) is 0 Å². The predicted octanol–water partition coefficient (Wildman–Crippen LogP) is 0.620. The van der Waals surface area contributed by atoms with E-state index in [1.54, 1.807) is 24.3 Å². The summed E-state index contributed by atoms with van der Waals surface area (Å²) in [5, 5.41) is 18.1. The molecule has 20 heavy (non-hydrogen) atoms. The second kappa shape index (κ2) is 6.16. The summed E-state index contributed by atoms with van der Waals surface area (Å²) in [6.45, 7) is 2.93. The minimum Gasteiger partial charge on any atom is -0.492 e. The largest absolute Gasteiger partial charge is 0.492 e. The van der Waals surface area contributed by atoms with E-state index in [0.717, 1.165) is 24.3 Å². The van der Waals surface area contributed by atoms with Crippen LogP contribution in [0.5, 0.6) is 5.75 Å². The highest BCUT2D eigenvalue weighted by Gasteiger charge is 2.33. The third-order valence-electron chi connectivity index (χ3n) is 4.08. The van der Waals surface area contributed by atoms with Crippen LogP contribution in [-0.4, -0.2) is 47.8 Å². The van der Waals surface area contributed by atoms with Crippen LogP contribution in [0.25, 0.3) is 0 Å². The van der Waals surface area contributed by atoms with E-state index in [4.69, 9.17) is 14.8 Å². The lowest BCUT2D eigenvalue weighted by Gasteiger charge is -2.21. The van der Waals surface area contributed by atoms with Crippen LogP contribution in [0.15, 0.2) is 24.3 Å². The fourth-order valence-electron chi connectivity index (χ4n) is 2.51. The zero-order valence-electron chi connectivity index (χ0n) is 11.7. The fraction of sp³-hybridized carbons (Fsp3) is 0.600. The van der Waals surface area contributed by atoms with Gasteiger partial charge in [0.25, 0.3) is 0 Å². The molecule has 2 fully saturated rings. The highest BCUT2D eigenvalue weighted by molar-refractivity contribution is 6.58. The summed E-state index contributed by atoms with van der Waals surface area (Å²) >= 11 is 0. The smallest absolute Gasteiger partial charge is 0.488 e. The maximum atomic E-state index is 9.03. The highest BCUT2D eigenvalue weighted by Crippen LogP contribution is 2.34. The molecule has 2 N–H and O–H groups in total. The third kappa shape index (κ3) is 3.98. The van der Waals surface area contributed by atoms with Crippen LogP contribution >= 0.6 is 0 Å². The van der Waals surface area contributed by atoms with Gasteiger partial charge in [0.15, 0.2) is 0 Å². The van der Waals surface area contributed by atoms with Crippen molar-refractivity contribution in [2.75, 3.05) is 19.7 Å². The molecule has 0 aliphatic heterocycles. The van der Waals surface area contributed by atoms with Crippen LogP contribution in [0.1, 0.15) is 25.7 Å². The van der Waals surface area contributed by atoms with Gasteiger partial charge in [0, 0.05) is 19.1 Å². The fourth-order valence-corrected chi connectivity index (χ4v) is 2.51. The van der Waals surface area contributed by atoms with Gasteiger partial charge in [0.1, 0.15) is 12.4 Å². The molecular weight excluding hydrogens is 253 g/mol. The summed E-state index contributed by atoms with van der Waals surface area (Å²) in [6.07, 6.45) is 5.48. The summed E-state index contributed by atoms with van der Waals surface area (Å²) in [7, 11) is -1.41. The summed E-state index contributed by atoms with van der Waals surface area (Å²) in [4.78, 5) is 2.57. The first kappa shape index (κ1) is 13.9. The predicted molar refractivity (Wildman–Crippen MR) is 79.1 cm³/mol. The Morgan fingerprint density at radius 1 is 1.10 bits per heavy atom. The van der Waals surface area contributed by atoms with E-state index in [2.05, 4.69) is 4.90 Å². The number of hydrogen-bond acceptors (Lipinski definition) is 4. The summed E-state index contributed by atoms with van der Waals surface area (Å²) < 4.78 is 5.75. The highest BCUT2D eigenvalue weighted by atomic mass is 16.5. The van der Waals surface area contributed by atoms with Gasteiger partial charge >= 0.3 is 7.12 Å². The van der Waals surface area contributed by atoms with Crippen LogP contribution in [0, 0.1) is 5.92 Å². The average Bonchev–Trinajstić information content (AvgIpc) is 3.31. The molecule has 108 valence electrons. The Kier molecular flexibility index (Phi) is 4.29. The number of benzene rings is 1. The lowest BCUT2D eigenvalue weighted by molar-refractivity contribution is 0.195. The second-order valence-electron chi connectivity index (χ2n) is 5.96. The number of hydrogen-bond donors (Lipinski definition) is 2. The first-order valence-electron chi connectivity index (χ1n) is 7.55. The van der Waals surface area contributed by atoms with Crippen molar-refractivity contribution >= 4 is 12.6 Å². The Bertz CT molecular complexity index is 429. The van der Waals surface area contributed by atoms with Crippen molar-refractivity contribution in [3.63, 3.8) is 0 Å². The maximum Gasteiger partial charge on any atom is 0.488 e. The topological polar surface area (TPSA) is 52.9 Å². The Morgan fingerprint density at radius 2 is 1.80 bits per heavy atom. The van der Waals surface area contributed by atoms with Gasteiger partial charge in [-0.25, -0.2) is 0 Å². The van der Waals surface area contributed by atoms with Crippen LogP contribution in [0.3, 0.4) is 0 Å². The van der Waals surface area contributed by atoms with Crippen LogP contribution in [-0.2, 0) is 0 Å². The summed E-state index contributed by atoms with van der Waals surface area (Å²) in [5.41, 5.74) is 0.491. The molecule has 1 aromatic carbocycles. The minimum atomic E-state index is -1.41. The van der Waals surface area contributed by atoms with E-state index >= 15 is 0 Å². The Hall–Kier alpha value is -1.04. The summed E-state index contributed by atoms with van der Waals surface area (Å²) in [5.74, 6) is 1.72. The minimum absolute atomic E-state index is 0.491. The van der Waals surface area contributed by atoms with Crippen molar-refractivity contribution < 1.29 is 14.8 Å². The van der Waals surface area contributed by atoms with Crippen molar-refractivity contribution in [2.24, 2.45) is 5.92 Å². The van der Waals surface area contributed by atoms with Crippen molar-refractivity contribution in [2.45, 2.75) is 31.7 Å². The molecule has 2 aliphatic rings. The van der Waals surface area contributed by atoms with Gasteiger partial charge < -0.3 is 14.8 Å². The van der Waals surface area contributed by atoms with E-state index < -0.39 is 7.12 Å². The van der Waals surface area contributed by atoms with Gasteiger partial charge in [-0.2, -0.15) is 0 Å². The molecule has 0 atom stereocenters. The standard InChI is InChI=1S/C15H22BNO3/c18-16(19)13-3-7-15(8-4-13)20-10-9-17(14-5-6-14)11-12-1-2-12/h3-4,7-8,12,14,18-19H,1-2,5-6,9-11H2. The molecule has 4 nitrogen and oxygen atoms in total. The molecule has 0 bridgehead atoms. The van der Waals surface area contributed by atoms with Gasteiger partial charge in [-0.3, -0.25) is 4.90 Å². The van der Waals surface area contributed by atoms with Crippen LogP contribution < -0.4 is 10.2 Å². The van der Waals surface area contributed by atoms with Gasteiger partial charge in [-0.15, -0.1) is 0 Å². The molecule has 0 radical (unpaired) electrons. The van der Waals surface area contributed by atoms with Gasteiger partial charge in [-0.05, 0) is 49.2 Å². The first-order chi connectivity index (χ1) is 9.72. The SMILES string of the molecule is OB(O)c1ccc(OCCN(CC2CC2)C2CC2)cc1. The van der Waals surface area contributed by atoms with Crippen molar-refractivity contribution in [1.29, 1.82) is 0 Å². The van der Waals surface area contributed by atoms with Crippen molar-refractivity contribution in [3.05, 3.63) is 24.3 Å². The average molecular weight is 275 g/mol. The van der Waals surface area contributed by atoms with Gasteiger partial charge in [0.2, 0.25) is 0 Å². The Morgan fingerprint density at radius 3 is 2.35 bits per heavy atom. The molecule has 1 aromatic rings. The van der Waals surface area contributed by atoms with E-state index in [1.807, 2.05) is 0 Å². The third-order valence-corrected chi connectivity index (χ3v) is 4.08. The summed E-state index contributed by atoms with van der Waals surface area (Å²) in [6, 6.07) is 7.74. The molecule has 5 heteroatoms.